The highest BCUT2D eigenvalue weighted by Gasteiger charge is 2.26. The van der Waals surface area contributed by atoms with E-state index in [0.717, 1.165) is 24.9 Å². The summed E-state index contributed by atoms with van der Waals surface area (Å²) < 4.78 is 19.1. The molecule has 0 aliphatic heterocycles. The summed E-state index contributed by atoms with van der Waals surface area (Å²) in [5, 5.41) is 2.14. The molecule has 1 aliphatic carbocycles. The second kappa shape index (κ2) is 8.06. The van der Waals surface area contributed by atoms with E-state index in [9.17, 15) is 4.39 Å². The van der Waals surface area contributed by atoms with Gasteiger partial charge in [-0.15, -0.1) is 11.3 Å². The van der Waals surface area contributed by atoms with Crippen molar-refractivity contribution in [2.24, 2.45) is 5.92 Å². The van der Waals surface area contributed by atoms with Crippen LogP contribution in [0.2, 0.25) is 0 Å². The van der Waals surface area contributed by atoms with Crippen LogP contribution in [-0.2, 0) is 11.3 Å². The lowest BCUT2D eigenvalue weighted by Gasteiger charge is -2.31. The number of halogens is 1. The topological polar surface area (TPSA) is 12.5 Å². The maximum atomic E-state index is 13.0. The first-order valence-corrected chi connectivity index (χ1v) is 9.24. The largest absolute Gasteiger partial charge is 0.373 e. The minimum atomic E-state index is -0.203. The van der Waals surface area contributed by atoms with Gasteiger partial charge in [-0.2, -0.15) is 0 Å². The molecule has 1 aromatic carbocycles. The van der Waals surface area contributed by atoms with Crippen LogP contribution in [-0.4, -0.2) is 31.6 Å². The fraction of sp³-hybridized carbons (Fsp3) is 0.400. The summed E-state index contributed by atoms with van der Waals surface area (Å²) in [6, 6.07) is 10.9. The standard InChI is InChI=1S/C20H24FNOS/c1-22(2)13-16-12-18(9-10-19(16)20-4-3-11-24-20)23-14-15-5-7-17(21)8-6-15/h3-8,10-11,16,18H,9,12-14H2,1-2H3. The molecule has 2 nitrogen and oxygen atoms in total. The summed E-state index contributed by atoms with van der Waals surface area (Å²) >= 11 is 1.81. The maximum absolute atomic E-state index is 13.0. The van der Waals surface area contributed by atoms with E-state index < -0.39 is 0 Å². The average molecular weight is 345 g/mol. The summed E-state index contributed by atoms with van der Waals surface area (Å²) in [7, 11) is 4.24. The van der Waals surface area contributed by atoms with E-state index >= 15 is 0 Å². The van der Waals surface area contributed by atoms with Gasteiger partial charge in [0.05, 0.1) is 12.7 Å². The van der Waals surface area contributed by atoms with Crippen LogP contribution < -0.4 is 0 Å². The van der Waals surface area contributed by atoms with Crippen molar-refractivity contribution < 1.29 is 9.13 Å². The van der Waals surface area contributed by atoms with Gasteiger partial charge >= 0.3 is 0 Å². The minimum absolute atomic E-state index is 0.203. The molecule has 0 bridgehead atoms. The highest BCUT2D eigenvalue weighted by Crippen LogP contribution is 2.36. The first-order valence-electron chi connectivity index (χ1n) is 8.36. The third-order valence-corrected chi connectivity index (χ3v) is 5.30. The van der Waals surface area contributed by atoms with E-state index in [-0.39, 0.29) is 11.9 Å². The van der Waals surface area contributed by atoms with E-state index in [1.807, 2.05) is 11.3 Å². The Labute approximate surface area is 147 Å². The molecule has 0 fully saturated rings. The van der Waals surface area contributed by atoms with E-state index in [1.54, 1.807) is 12.1 Å². The first-order chi connectivity index (χ1) is 11.6. The molecule has 0 spiro atoms. The summed E-state index contributed by atoms with van der Waals surface area (Å²) in [6.45, 7) is 1.57. The number of hydrogen-bond acceptors (Lipinski definition) is 3. The van der Waals surface area contributed by atoms with Gasteiger partial charge in [-0.25, -0.2) is 4.39 Å². The van der Waals surface area contributed by atoms with Crippen molar-refractivity contribution in [1.29, 1.82) is 0 Å². The number of thiophene rings is 1. The summed E-state index contributed by atoms with van der Waals surface area (Å²) in [4.78, 5) is 3.62. The SMILES string of the molecule is CN(C)CC1CC(OCc2ccc(F)cc2)CC=C1c1cccs1. The van der Waals surface area contributed by atoms with E-state index in [1.165, 1.54) is 22.6 Å². The molecule has 0 radical (unpaired) electrons. The molecule has 24 heavy (non-hydrogen) atoms. The summed E-state index contributed by atoms with van der Waals surface area (Å²) in [5.41, 5.74) is 2.48. The molecule has 0 N–H and O–H groups in total. The van der Waals surface area contributed by atoms with Crippen molar-refractivity contribution >= 4 is 16.9 Å². The van der Waals surface area contributed by atoms with Gasteiger partial charge < -0.3 is 9.64 Å². The Hall–Kier alpha value is -1.49. The Morgan fingerprint density at radius 2 is 2.00 bits per heavy atom. The average Bonchev–Trinajstić information content (AvgIpc) is 3.08. The molecule has 0 saturated carbocycles. The lowest BCUT2D eigenvalue weighted by atomic mass is 9.84. The van der Waals surface area contributed by atoms with Crippen LogP contribution in [0.1, 0.15) is 23.3 Å². The number of ether oxygens (including phenoxy) is 1. The monoisotopic (exact) mass is 345 g/mol. The third kappa shape index (κ3) is 4.53. The predicted molar refractivity (Wildman–Crippen MR) is 98.6 cm³/mol. The molecule has 0 saturated heterocycles. The van der Waals surface area contributed by atoms with E-state index in [0.29, 0.717) is 12.5 Å². The third-order valence-electron chi connectivity index (χ3n) is 4.38. The Bertz CT molecular complexity index is 663. The number of rotatable bonds is 6. The van der Waals surface area contributed by atoms with Crippen LogP contribution in [0.3, 0.4) is 0 Å². The number of nitrogens with zero attached hydrogens (tertiary/aromatic N) is 1. The summed E-state index contributed by atoms with van der Waals surface area (Å²) in [5.74, 6) is 0.289. The fourth-order valence-electron chi connectivity index (χ4n) is 3.25. The van der Waals surface area contributed by atoms with Crippen molar-refractivity contribution in [1.82, 2.24) is 4.90 Å². The van der Waals surface area contributed by atoms with Crippen LogP contribution >= 0.6 is 11.3 Å². The molecule has 128 valence electrons. The minimum Gasteiger partial charge on any atom is -0.373 e. The van der Waals surface area contributed by atoms with Gasteiger partial charge in [0.2, 0.25) is 0 Å². The Morgan fingerprint density at radius 1 is 1.21 bits per heavy atom. The van der Waals surface area contributed by atoms with Crippen molar-refractivity contribution in [2.75, 3.05) is 20.6 Å². The lowest BCUT2D eigenvalue weighted by molar-refractivity contribution is 0.0258. The molecule has 2 unspecified atom stereocenters. The Kier molecular flexibility index (Phi) is 5.82. The lowest BCUT2D eigenvalue weighted by Crippen LogP contribution is -2.29. The molecule has 3 rings (SSSR count). The maximum Gasteiger partial charge on any atom is 0.123 e. The van der Waals surface area contributed by atoms with Gasteiger partial charge in [-0.1, -0.05) is 24.3 Å². The Balaban J connectivity index is 1.65. The quantitative estimate of drug-likeness (QED) is 0.744. The fourth-order valence-corrected chi connectivity index (χ4v) is 4.10. The zero-order valence-corrected chi connectivity index (χ0v) is 15.1. The second-order valence-corrected chi connectivity index (χ2v) is 7.57. The Morgan fingerprint density at radius 3 is 2.67 bits per heavy atom. The van der Waals surface area contributed by atoms with Crippen LogP contribution in [0, 0.1) is 11.7 Å². The molecule has 2 atom stereocenters. The molecule has 0 amide bonds. The van der Waals surface area contributed by atoms with Gasteiger partial charge in [0, 0.05) is 17.3 Å². The van der Waals surface area contributed by atoms with Crippen LogP contribution in [0.25, 0.3) is 5.57 Å². The molecule has 4 heteroatoms. The zero-order valence-electron chi connectivity index (χ0n) is 14.2. The van der Waals surface area contributed by atoms with Crippen LogP contribution in [0.4, 0.5) is 4.39 Å². The predicted octanol–water partition coefficient (Wildman–Crippen LogP) is 4.83. The van der Waals surface area contributed by atoms with Crippen LogP contribution in [0.15, 0.2) is 47.9 Å². The smallest absolute Gasteiger partial charge is 0.123 e. The first kappa shape index (κ1) is 17.3. The van der Waals surface area contributed by atoms with E-state index in [4.69, 9.17) is 4.74 Å². The number of benzene rings is 1. The number of hydrogen-bond donors (Lipinski definition) is 0. The van der Waals surface area contributed by atoms with Gasteiger partial charge in [-0.05, 0) is 61.7 Å². The van der Waals surface area contributed by atoms with E-state index in [2.05, 4.69) is 42.6 Å². The van der Waals surface area contributed by atoms with Crippen molar-refractivity contribution in [3.63, 3.8) is 0 Å². The van der Waals surface area contributed by atoms with Crippen molar-refractivity contribution in [3.05, 3.63) is 64.1 Å². The molecule has 1 heterocycles. The highest BCUT2D eigenvalue weighted by molar-refractivity contribution is 7.11. The van der Waals surface area contributed by atoms with Crippen molar-refractivity contribution in [2.45, 2.75) is 25.6 Å². The van der Waals surface area contributed by atoms with Crippen molar-refractivity contribution in [3.8, 4) is 0 Å². The highest BCUT2D eigenvalue weighted by atomic mass is 32.1. The summed E-state index contributed by atoms with van der Waals surface area (Å²) in [6.07, 6.45) is 4.55. The zero-order chi connectivity index (χ0) is 16.9. The molecular weight excluding hydrogens is 321 g/mol. The van der Waals surface area contributed by atoms with Gasteiger partial charge in [0.15, 0.2) is 0 Å². The van der Waals surface area contributed by atoms with Crippen LogP contribution in [0.5, 0.6) is 0 Å². The molecule has 1 aromatic heterocycles. The molecule has 2 aromatic rings. The molecular formula is C20H24FNOS. The molecule has 1 aliphatic rings. The van der Waals surface area contributed by atoms with Gasteiger partial charge in [-0.3, -0.25) is 0 Å². The van der Waals surface area contributed by atoms with Gasteiger partial charge in [0.25, 0.3) is 0 Å². The normalized spacial score (nSPS) is 21.1. The van der Waals surface area contributed by atoms with Gasteiger partial charge in [0.1, 0.15) is 5.82 Å². The second-order valence-electron chi connectivity index (χ2n) is 6.63.